The van der Waals surface area contributed by atoms with E-state index in [1.165, 1.54) is 24.1 Å². The van der Waals surface area contributed by atoms with Gasteiger partial charge in [0.2, 0.25) is 5.91 Å². The van der Waals surface area contributed by atoms with Crippen molar-refractivity contribution in [1.29, 1.82) is 0 Å². The number of amides is 3. The number of anilines is 1. The Kier molecular flexibility index (Phi) is 6.33. The van der Waals surface area contributed by atoms with E-state index in [1.54, 1.807) is 24.3 Å². The summed E-state index contributed by atoms with van der Waals surface area (Å²) in [5.41, 5.74) is 0.0676. The molecule has 2 aromatic carbocycles. The van der Waals surface area contributed by atoms with Crippen LogP contribution in [0.3, 0.4) is 0 Å². The number of imide groups is 1. The monoisotopic (exact) mass is 471 g/mol. The molecule has 2 aromatic rings. The van der Waals surface area contributed by atoms with E-state index in [0.717, 1.165) is 23.8 Å². The van der Waals surface area contributed by atoms with Crippen LogP contribution >= 0.6 is 11.6 Å². The number of methoxy groups -OCH3 is 1. The Balaban J connectivity index is 1.68. The number of nitrogens with zero attached hydrogens (tertiary/aromatic N) is 3. The Morgan fingerprint density at radius 2 is 1.82 bits per heavy atom. The maximum atomic E-state index is 13.5. The molecule has 1 saturated carbocycles. The third-order valence-electron chi connectivity index (χ3n) is 6.13. The Hall–Kier alpha value is -3.46. The second kappa shape index (κ2) is 9.19. The molecule has 172 valence electrons. The van der Waals surface area contributed by atoms with Crippen molar-refractivity contribution >= 4 is 40.7 Å². The Morgan fingerprint density at radius 1 is 1.15 bits per heavy atom. The average Bonchev–Trinajstić information content (AvgIpc) is 3.43. The van der Waals surface area contributed by atoms with Gasteiger partial charge in [-0.15, -0.1) is 0 Å². The number of ether oxygens (including phenoxy) is 1. The van der Waals surface area contributed by atoms with Gasteiger partial charge in [-0.25, -0.2) is 4.90 Å². The van der Waals surface area contributed by atoms with Crippen LogP contribution in [0, 0.1) is 10.1 Å². The van der Waals surface area contributed by atoms with Crippen LogP contribution in [0.2, 0.25) is 5.02 Å². The Labute approximate surface area is 195 Å². The molecule has 9 nitrogen and oxygen atoms in total. The largest absolute Gasteiger partial charge is 0.497 e. The molecule has 1 aliphatic heterocycles. The van der Waals surface area contributed by atoms with Gasteiger partial charge >= 0.3 is 0 Å². The lowest BCUT2D eigenvalue weighted by Crippen LogP contribution is -2.50. The van der Waals surface area contributed by atoms with Crippen molar-refractivity contribution in [3.05, 3.63) is 63.2 Å². The fourth-order valence-electron chi connectivity index (χ4n) is 4.51. The van der Waals surface area contributed by atoms with Crippen LogP contribution in [0.1, 0.15) is 42.5 Å². The highest BCUT2D eigenvalue weighted by Gasteiger charge is 2.47. The lowest BCUT2D eigenvalue weighted by atomic mass is 10.1. The molecule has 0 spiro atoms. The molecular formula is C23H22ClN3O6. The van der Waals surface area contributed by atoms with Gasteiger partial charge in [0.15, 0.2) is 0 Å². The first-order valence-corrected chi connectivity index (χ1v) is 11.0. The molecule has 1 atom stereocenters. The number of carbonyl (C=O) groups is 3. The van der Waals surface area contributed by atoms with E-state index < -0.39 is 28.7 Å². The number of nitro benzene ring substituents is 1. The number of hydrogen-bond donors (Lipinski definition) is 0. The zero-order chi connectivity index (χ0) is 23.7. The zero-order valence-corrected chi connectivity index (χ0v) is 18.7. The van der Waals surface area contributed by atoms with Crippen molar-refractivity contribution in [3.8, 4) is 5.75 Å². The van der Waals surface area contributed by atoms with Crippen molar-refractivity contribution in [2.75, 3.05) is 12.0 Å². The molecule has 0 aromatic heterocycles. The van der Waals surface area contributed by atoms with E-state index in [4.69, 9.17) is 16.3 Å². The normalized spacial score (nSPS) is 18.6. The summed E-state index contributed by atoms with van der Waals surface area (Å²) in [4.78, 5) is 53.0. The minimum absolute atomic E-state index is 0.0566. The van der Waals surface area contributed by atoms with E-state index in [9.17, 15) is 24.5 Å². The van der Waals surface area contributed by atoms with Gasteiger partial charge < -0.3 is 9.64 Å². The quantitative estimate of drug-likeness (QED) is 0.358. The topological polar surface area (TPSA) is 110 Å². The summed E-state index contributed by atoms with van der Waals surface area (Å²) >= 11 is 5.90. The number of rotatable bonds is 6. The van der Waals surface area contributed by atoms with Crippen LogP contribution in [0.15, 0.2) is 42.5 Å². The van der Waals surface area contributed by atoms with Crippen LogP contribution < -0.4 is 9.64 Å². The molecule has 0 N–H and O–H groups in total. The molecule has 1 heterocycles. The van der Waals surface area contributed by atoms with Gasteiger partial charge in [-0.3, -0.25) is 24.5 Å². The first-order chi connectivity index (χ1) is 15.8. The predicted octanol–water partition coefficient (Wildman–Crippen LogP) is 3.97. The van der Waals surface area contributed by atoms with Crippen molar-refractivity contribution < 1.29 is 24.0 Å². The second-order valence-electron chi connectivity index (χ2n) is 8.06. The maximum Gasteiger partial charge on any atom is 0.288 e. The molecule has 0 radical (unpaired) electrons. The average molecular weight is 472 g/mol. The molecule has 3 amide bonds. The molecule has 1 unspecified atom stereocenters. The van der Waals surface area contributed by atoms with Crippen molar-refractivity contribution in [3.63, 3.8) is 0 Å². The standard InChI is InChI=1S/C23H22ClN3O6/c1-33-17-9-7-16(8-10-17)26-21(28)13-20(23(26)30)25(15-4-2-3-5-15)22(29)14-6-11-18(24)19(12-14)27(31)32/h6-12,15,20H,2-5,13H2,1H3. The summed E-state index contributed by atoms with van der Waals surface area (Å²) in [6.45, 7) is 0. The SMILES string of the molecule is COc1ccc(N2C(=O)CC(N(C(=O)c3ccc(Cl)c([N+](=O)[O-])c3)C3CCCC3)C2=O)cc1. The highest BCUT2D eigenvalue weighted by molar-refractivity contribution is 6.32. The first kappa shape index (κ1) is 22.7. The molecule has 4 rings (SSSR count). The summed E-state index contributed by atoms with van der Waals surface area (Å²) in [6, 6.07) is 9.13. The van der Waals surface area contributed by atoms with Crippen molar-refractivity contribution in [2.45, 2.75) is 44.2 Å². The third-order valence-corrected chi connectivity index (χ3v) is 6.45. The minimum atomic E-state index is -0.982. The van der Waals surface area contributed by atoms with E-state index in [0.29, 0.717) is 24.3 Å². The number of hydrogen-bond acceptors (Lipinski definition) is 6. The number of carbonyl (C=O) groups excluding carboxylic acids is 3. The second-order valence-corrected chi connectivity index (χ2v) is 8.47. The molecule has 2 fully saturated rings. The van der Waals surface area contributed by atoms with Crippen LogP contribution in [-0.4, -0.2) is 46.7 Å². The molecule has 0 bridgehead atoms. The van der Waals surface area contributed by atoms with Crippen LogP contribution in [0.25, 0.3) is 0 Å². The molecule has 1 aliphatic carbocycles. The summed E-state index contributed by atoms with van der Waals surface area (Å²) < 4.78 is 5.13. The van der Waals surface area contributed by atoms with E-state index in [1.807, 2.05) is 0 Å². The third kappa shape index (κ3) is 4.28. The molecule has 10 heteroatoms. The summed E-state index contributed by atoms with van der Waals surface area (Å²) in [6.07, 6.45) is 3.03. The Bertz CT molecular complexity index is 1110. The van der Waals surface area contributed by atoms with Crippen LogP contribution in [0.4, 0.5) is 11.4 Å². The molecular weight excluding hydrogens is 450 g/mol. The van der Waals surface area contributed by atoms with Gasteiger partial charge in [0.05, 0.1) is 24.1 Å². The zero-order valence-electron chi connectivity index (χ0n) is 17.9. The summed E-state index contributed by atoms with van der Waals surface area (Å²) in [5, 5.41) is 11.2. The number of benzene rings is 2. The van der Waals surface area contributed by atoms with Crippen molar-refractivity contribution in [1.82, 2.24) is 4.90 Å². The predicted molar refractivity (Wildman–Crippen MR) is 120 cm³/mol. The molecule has 1 saturated heterocycles. The van der Waals surface area contributed by atoms with Crippen LogP contribution in [0.5, 0.6) is 5.75 Å². The van der Waals surface area contributed by atoms with Gasteiger partial charge in [0.25, 0.3) is 17.5 Å². The summed E-state index contributed by atoms with van der Waals surface area (Å²) in [5.74, 6) is -0.840. The van der Waals surface area contributed by atoms with Gasteiger partial charge in [0.1, 0.15) is 16.8 Å². The van der Waals surface area contributed by atoms with Gasteiger partial charge in [-0.05, 0) is 49.2 Å². The maximum absolute atomic E-state index is 13.5. The Morgan fingerprint density at radius 3 is 2.42 bits per heavy atom. The lowest BCUT2D eigenvalue weighted by molar-refractivity contribution is -0.384. The minimum Gasteiger partial charge on any atom is -0.497 e. The van der Waals surface area contributed by atoms with Gasteiger partial charge in [0, 0.05) is 17.7 Å². The highest BCUT2D eigenvalue weighted by Crippen LogP contribution is 2.34. The molecule has 33 heavy (non-hydrogen) atoms. The lowest BCUT2D eigenvalue weighted by Gasteiger charge is -2.33. The van der Waals surface area contributed by atoms with Crippen LogP contribution in [-0.2, 0) is 9.59 Å². The smallest absolute Gasteiger partial charge is 0.288 e. The number of nitro groups is 1. The van der Waals surface area contributed by atoms with E-state index in [-0.39, 0.29) is 28.7 Å². The van der Waals surface area contributed by atoms with Gasteiger partial charge in [-0.2, -0.15) is 0 Å². The molecule has 2 aliphatic rings. The van der Waals surface area contributed by atoms with Gasteiger partial charge in [-0.1, -0.05) is 24.4 Å². The highest BCUT2D eigenvalue weighted by atomic mass is 35.5. The number of halogens is 1. The van der Waals surface area contributed by atoms with E-state index >= 15 is 0 Å². The van der Waals surface area contributed by atoms with E-state index in [2.05, 4.69) is 0 Å². The van der Waals surface area contributed by atoms with Crippen molar-refractivity contribution in [2.24, 2.45) is 0 Å². The fourth-order valence-corrected chi connectivity index (χ4v) is 4.70. The fraction of sp³-hybridized carbons (Fsp3) is 0.348. The summed E-state index contributed by atoms with van der Waals surface area (Å²) in [7, 11) is 1.52. The first-order valence-electron chi connectivity index (χ1n) is 10.6.